The van der Waals surface area contributed by atoms with Gasteiger partial charge < -0.3 is 19.1 Å². The third-order valence-electron chi connectivity index (χ3n) is 5.77. The molecule has 0 fully saturated rings. The molecule has 0 aliphatic carbocycles. The number of aliphatic carboxylic acids is 1. The molecule has 0 atom stereocenters. The molecular formula is C30H25N3O4. The van der Waals surface area contributed by atoms with Gasteiger partial charge in [-0.2, -0.15) is 0 Å². The van der Waals surface area contributed by atoms with E-state index in [0.29, 0.717) is 31.1 Å². The highest BCUT2D eigenvalue weighted by Crippen LogP contribution is 2.25. The minimum Gasteiger partial charge on any atom is -0.488 e. The van der Waals surface area contributed by atoms with Gasteiger partial charge in [0.05, 0.1) is 17.5 Å². The maximum absolute atomic E-state index is 11.0. The lowest BCUT2D eigenvalue weighted by molar-refractivity contribution is -0.131. The number of ether oxygens (including phenoxy) is 2. The molecule has 37 heavy (non-hydrogen) atoms. The Bertz CT molecular complexity index is 1530. The molecule has 3 aromatic carbocycles. The summed E-state index contributed by atoms with van der Waals surface area (Å²) in [5.41, 5.74) is 4.49. The first kappa shape index (κ1) is 23.8. The third-order valence-corrected chi connectivity index (χ3v) is 5.77. The Morgan fingerprint density at radius 3 is 2.57 bits per heavy atom. The van der Waals surface area contributed by atoms with Gasteiger partial charge in [-0.15, -0.1) is 0 Å². The van der Waals surface area contributed by atoms with Gasteiger partial charge in [-0.05, 0) is 47.5 Å². The molecular weight excluding hydrogens is 466 g/mol. The number of hydrogen-bond acceptors (Lipinski definition) is 5. The van der Waals surface area contributed by atoms with Gasteiger partial charge in [0.15, 0.2) is 0 Å². The zero-order chi connectivity index (χ0) is 25.5. The number of pyridine rings is 1. The van der Waals surface area contributed by atoms with Crippen molar-refractivity contribution in [3.05, 3.63) is 126 Å². The summed E-state index contributed by atoms with van der Waals surface area (Å²) in [4.78, 5) is 19.7. The van der Waals surface area contributed by atoms with Crippen LogP contribution in [-0.4, -0.2) is 25.6 Å². The molecule has 7 nitrogen and oxygen atoms in total. The van der Waals surface area contributed by atoms with Crippen molar-refractivity contribution in [3.63, 3.8) is 0 Å². The van der Waals surface area contributed by atoms with Crippen molar-refractivity contribution < 1.29 is 19.4 Å². The number of aromatic nitrogens is 3. The highest BCUT2D eigenvalue weighted by molar-refractivity contribution is 5.86. The quantitative estimate of drug-likeness (QED) is 0.251. The second-order valence-corrected chi connectivity index (χ2v) is 8.50. The first-order valence-corrected chi connectivity index (χ1v) is 11.8. The van der Waals surface area contributed by atoms with E-state index < -0.39 is 5.97 Å². The molecule has 0 radical (unpaired) electrons. The van der Waals surface area contributed by atoms with Crippen LogP contribution in [0, 0.1) is 0 Å². The fourth-order valence-corrected chi connectivity index (χ4v) is 3.88. The number of rotatable bonds is 10. The molecule has 0 spiro atoms. The summed E-state index contributed by atoms with van der Waals surface area (Å²) in [6.07, 6.45) is 8.01. The number of para-hydroxylation sites is 1. The summed E-state index contributed by atoms with van der Waals surface area (Å²) in [6, 6.07) is 25.5. The van der Waals surface area contributed by atoms with E-state index >= 15 is 0 Å². The number of carboxylic acid groups (broad SMARTS) is 1. The lowest BCUT2D eigenvalue weighted by Crippen LogP contribution is -2.01. The number of nitrogens with zero attached hydrogens (tertiary/aromatic N) is 3. The van der Waals surface area contributed by atoms with Crippen molar-refractivity contribution in [1.29, 1.82) is 0 Å². The molecule has 0 saturated heterocycles. The zero-order valence-corrected chi connectivity index (χ0v) is 20.0. The minimum absolute atomic E-state index is 0.328. The van der Waals surface area contributed by atoms with Crippen molar-refractivity contribution in [3.8, 4) is 11.5 Å². The van der Waals surface area contributed by atoms with Gasteiger partial charge in [0, 0.05) is 36.0 Å². The predicted molar refractivity (Wildman–Crippen MR) is 141 cm³/mol. The molecule has 0 unspecified atom stereocenters. The van der Waals surface area contributed by atoms with E-state index in [2.05, 4.69) is 9.97 Å². The van der Waals surface area contributed by atoms with Crippen LogP contribution in [0.5, 0.6) is 11.5 Å². The van der Waals surface area contributed by atoms with Crippen LogP contribution < -0.4 is 9.47 Å². The number of carbonyl (C=O) groups is 1. The standard InChI is InChI=1S/C30H25N3O4/c34-30(35)14-10-25-8-5-23(18-33-16-15-31-21-33)17-29(25)37-19-22-6-12-27(13-7-22)36-20-26-11-9-24-3-1-2-4-28(24)32-26/h1-17,21H,18-20H2,(H,34,35)/b14-10+. The molecule has 5 rings (SSSR count). The van der Waals surface area contributed by atoms with Crippen molar-refractivity contribution in [2.24, 2.45) is 0 Å². The summed E-state index contributed by atoms with van der Waals surface area (Å²) in [5, 5.41) is 10.1. The first-order valence-electron chi connectivity index (χ1n) is 11.8. The molecule has 184 valence electrons. The van der Waals surface area contributed by atoms with Crippen molar-refractivity contribution in [2.45, 2.75) is 19.8 Å². The Labute approximate surface area is 214 Å². The number of imidazole rings is 1. The van der Waals surface area contributed by atoms with Crippen LogP contribution in [0.2, 0.25) is 0 Å². The summed E-state index contributed by atoms with van der Waals surface area (Å²) in [6.45, 7) is 1.34. The van der Waals surface area contributed by atoms with Gasteiger partial charge in [0.1, 0.15) is 24.7 Å². The summed E-state index contributed by atoms with van der Waals surface area (Å²) < 4.78 is 14.0. The zero-order valence-electron chi connectivity index (χ0n) is 20.0. The monoisotopic (exact) mass is 491 g/mol. The first-order chi connectivity index (χ1) is 18.1. The molecule has 2 aromatic heterocycles. The molecule has 5 aromatic rings. The Hall–Kier alpha value is -4.91. The van der Waals surface area contributed by atoms with Crippen LogP contribution in [0.3, 0.4) is 0 Å². The third kappa shape index (κ3) is 6.41. The number of carboxylic acids is 1. The fourth-order valence-electron chi connectivity index (χ4n) is 3.88. The van der Waals surface area contributed by atoms with Gasteiger partial charge >= 0.3 is 5.97 Å². The van der Waals surface area contributed by atoms with Crippen molar-refractivity contribution in [1.82, 2.24) is 14.5 Å². The Balaban J connectivity index is 1.23. The lowest BCUT2D eigenvalue weighted by atomic mass is 10.1. The number of hydrogen-bond donors (Lipinski definition) is 1. The highest BCUT2D eigenvalue weighted by atomic mass is 16.5. The molecule has 0 bridgehead atoms. The lowest BCUT2D eigenvalue weighted by Gasteiger charge is -2.13. The smallest absolute Gasteiger partial charge is 0.328 e. The topological polar surface area (TPSA) is 86.5 Å². The average molecular weight is 492 g/mol. The molecule has 0 amide bonds. The summed E-state index contributed by atoms with van der Waals surface area (Å²) >= 11 is 0. The van der Waals surface area contributed by atoms with E-state index in [-0.39, 0.29) is 0 Å². The van der Waals surface area contributed by atoms with Gasteiger partial charge in [-0.25, -0.2) is 14.8 Å². The molecule has 0 aliphatic heterocycles. The van der Waals surface area contributed by atoms with E-state index in [9.17, 15) is 4.79 Å². The van der Waals surface area contributed by atoms with Crippen molar-refractivity contribution in [2.75, 3.05) is 0 Å². The maximum atomic E-state index is 11.0. The molecule has 2 heterocycles. The fraction of sp³-hybridized carbons (Fsp3) is 0.100. The van der Waals surface area contributed by atoms with Crippen LogP contribution in [0.1, 0.15) is 22.4 Å². The largest absolute Gasteiger partial charge is 0.488 e. The van der Waals surface area contributed by atoms with E-state index in [4.69, 9.17) is 14.6 Å². The number of benzene rings is 3. The number of fused-ring (bicyclic) bond motifs is 1. The molecule has 1 N–H and O–H groups in total. The van der Waals surface area contributed by atoms with Crippen LogP contribution in [0.25, 0.3) is 17.0 Å². The second kappa shape index (κ2) is 11.2. The molecule has 7 heteroatoms. The van der Waals surface area contributed by atoms with Crippen molar-refractivity contribution >= 4 is 22.9 Å². The highest BCUT2D eigenvalue weighted by Gasteiger charge is 2.07. The van der Waals surface area contributed by atoms with E-state index in [1.165, 1.54) is 6.08 Å². The van der Waals surface area contributed by atoms with E-state index in [1.54, 1.807) is 12.5 Å². The van der Waals surface area contributed by atoms with E-state index in [1.807, 2.05) is 89.6 Å². The van der Waals surface area contributed by atoms with Crippen LogP contribution >= 0.6 is 0 Å². The van der Waals surface area contributed by atoms with E-state index in [0.717, 1.165) is 39.5 Å². The SMILES string of the molecule is O=C(O)/C=C/c1ccc(Cn2ccnc2)cc1OCc1ccc(OCc2ccc3ccccc3n2)cc1. The Morgan fingerprint density at radius 1 is 0.919 bits per heavy atom. The molecule has 0 saturated carbocycles. The normalized spacial score (nSPS) is 11.1. The minimum atomic E-state index is -1.01. The van der Waals surface area contributed by atoms with Gasteiger partial charge in [0.2, 0.25) is 0 Å². The van der Waals surface area contributed by atoms with Crippen LogP contribution in [0.15, 0.2) is 104 Å². The van der Waals surface area contributed by atoms with Crippen LogP contribution in [0.4, 0.5) is 0 Å². The Kier molecular flexibility index (Phi) is 7.22. The van der Waals surface area contributed by atoms with Crippen LogP contribution in [-0.2, 0) is 24.6 Å². The van der Waals surface area contributed by atoms with Gasteiger partial charge in [0.25, 0.3) is 0 Å². The predicted octanol–water partition coefficient (Wildman–Crippen LogP) is 5.74. The second-order valence-electron chi connectivity index (χ2n) is 8.50. The summed E-state index contributed by atoms with van der Waals surface area (Å²) in [5.74, 6) is 0.340. The maximum Gasteiger partial charge on any atom is 0.328 e. The Morgan fingerprint density at radius 2 is 1.76 bits per heavy atom. The molecule has 0 aliphatic rings. The van der Waals surface area contributed by atoms with Gasteiger partial charge in [-0.3, -0.25) is 0 Å². The van der Waals surface area contributed by atoms with Gasteiger partial charge in [-0.1, -0.05) is 48.5 Å². The summed E-state index contributed by atoms with van der Waals surface area (Å²) in [7, 11) is 0. The average Bonchev–Trinajstić information content (AvgIpc) is 3.43.